The molecule has 7 aromatic carbocycles. The van der Waals surface area contributed by atoms with E-state index in [0.717, 1.165) is 22.5 Å². The molecule has 0 atom stereocenters. The highest BCUT2D eigenvalue weighted by Gasteiger charge is 2.38. The highest BCUT2D eigenvalue weighted by molar-refractivity contribution is 6.26. The SMILES string of the molecule is CC(C)(C)c1cc2ccc3cc4c(c5ccc(c1)c2c35)-c1ccc(-c2cc(-c3ccc5c(c3)-c3ccccc3C5(C)C)ncn2)cc1C4(C)C. The number of nitrogens with zero attached hydrogens (tertiary/aromatic N) is 2. The van der Waals surface area contributed by atoms with Crippen LogP contribution < -0.4 is 0 Å². The molecule has 8 aromatic rings. The van der Waals surface area contributed by atoms with E-state index in [4.69, 9.17) is 9.97 Å². The van der Waals surface area contributed by atoms with Crippen molar-refractivity contribution in [3.8, 4) is 44.8 Å². The van der Waals surface area contributed by atoms with Crippen molar-refractivity contribution in [2.75, 3.05) is 0 Å². The number of hydrogen-bond donors (Lipinski definition) is 0. The highest BCUT2D eigenvalue weighted by atomic mass is 14.8. The Balaban J connectivity index is 1.09. The molecule has 2 aliphatic carbocycles. The minimum absolute atomic E-state index is 0.0125. The summed E-state index contributed by atoms with van der Waals surface area (Å²) in [7, 11) is 0. The van der Waals surface area contributed by atoms with Gasteiger partial charge in [-0.2, -0.15) is 0 Å². The lowest BCUT2D eigenvalue weighted by Gasteiger charge is -2.24. The second-order valence-electron chi connectivity index (χ2n) is 16.7. The summed E-state index contributed by atoms with van der Waals surface area (Å²) in [5, 5.41) is 8.09. The minimum Gasteiger partial charge on any atom is -0.236 e. The van der Waals surface area contributed by atoms with E-state index in [1.165, 1.54) is 82.4 Å². The van der Waals surface area contributed by atoms with E-state index < -0.39 is 0 Å². The molecule has 50 heavy (non-hydrogen) atoms. The summed E-state index contributed by atoms with van der Waals surface area (Å²) in [4.78, 5) is 9.58. The van der Waals surface area contributed by atoms with E-state index in [2.05, 4.69) is 158 Å². The van der Waals surface area contributed by atoms with Crippen LogP contribution in [-0.2, 0) is 16.2 Å². The van der Waals surface area contributed by atoms with Gasteiger partial charge >= 0.3 is 0 Å². The molecule has 2 aliphatic rings. The first-order chi connectivity index (χ1) is 23.9. The molecule has 0 saturated carbocycles. The Morgan fingerprint density at radius 2 is 1.10 bits per heavy atom. The molecule has 0 spiro atoms. The second kappa shape index (κ2) is 9.67. The molecule has 0 bridgehead atoms. The number of hydrogen-bond acceptors (Lipinski definition) is 2. The van der Waals surface area contributed by atoms with Gasteiger partial charge in [-0.3, -0.25) is 0 Å². The first-order valence-electron chi connectivity index (χ1n) is 17.9. The van der Waals surface area contributed by atoms with Crippen LogP contribution in [0, 0.1) is 0 Å². The van der Waals surface area contributed by atoms with E-state index in [1.54, 1.807) is 6.33 Å². The van der Waals surface area contributed by atoms with Crippen molar-refractivity contribution in [3.63, 3.8) is 0 Å². The predicted molar refractivity (Wildman–Crippen MR) is 210 cm³/mol. The fourth-order valence-electron chi connectivity index (χ4n) is 9.25. The van der Waals surface area contributed by atoms with Gasteiger partial charge < -0.3 is 0 Å². The lowest BCUT2D eigenvalue weighted by molar-refractivity contribution is 0.591. The average Bonchev–Trinajstić information content (AvgIpc) is 3.48. The van der Waals surface area contributed by atoms with Gasteiger partial charge in [-0.15, -0.1) is 0 Å². The number of fused-ring (bicyclic) bond motifs is 7. The van der Waals surface area contributed by atoms with E-state index in [9.17, 15) is 0 Å². The summed E-state index contributed by atoms with van der Waals surface area (Å²) in [5.41, 5.74) is 16.3. The Hall–Kier alpha value is -5.34. The summed E-state index contributed by atoms with van der Waals surface area (Å²) < 4.78 is 0. The summed E-state index contributed by atoms with van der Waals surface area (Å²) in [6, 6.07) is 41.4. The van der Waals surface area contributed by atoms with Gasteiger partial charge in [0.2, 0.25) is 0 Å². The maximum Gasteiger partial charge on any atom is 0.116 e. The largest absolute Gasteiger partial charge is 0.236 e. The zero-order valence-electron chi connectivity index (χ0n) is 29.9. The molecule has 0 aliphatic heterocycles. The fraction of sp³-hybridized carbons (Fsp3) is 0.208. The van der Waals surface area contributed by atoms with Crippen LogP contribution >= 0.6 is 0 Å². The lowest BCUT2D eigenvalue weighted by Crippen LogP contribution is -2.15. The summed E-state index contributed by atoms with van der Waals surface area (Å²) >= 11 is 0. The topological polar surface area (TPSA) is 25.8 Å². The van der Waals surface area contributed by atoms with Crippen LogP contribution in [-0.4, -0.2) is 9.97 Å². The second-order valence-corrected chi connectivity index (χ2v) is 16.7. The fourth-order valence-corrected chi connectivity index (χ4v) is 9.25. The van der Waals surface area contributed by atoms with Crippen LogP contribution in [0.4, 0.5) is 0 Å². The van der Waals surface area contributed by atoms with E-state index in [1.807, 2.05) is 0 Å². The Labute approximate surface area is 294 Å². The highest BCUT2D eigenvalue weighted by Crippen LogP contribution is 2.55. The van der Waals surface area contributed by atoms with Gasteiger partial charge in [0.15, 0.2) is 0 Å². The van der Waals surface area contributed by atoms with Crippen LogP contribution in [0.1, 0.15) is 76.3 Å². The van der Waals surface area contributed by atoms with Crippen LogP contribution in [0.2, 0.25) is 0 Å². The zero-order chi connectivity index (χ0) is 34.3. The molecule has 1 heterocycles. The monoisotopic (exact) mass is 644 g/mol. The third kappa shape index (κ3) is 3.91. The van der Waals surface area contributed by atoms with Gasteiger partial charge in [0.25, 0.3) is 0 Å². The van der Waals surface area contributed by atoms with Gasteiger partial charge in [0.05, 0.1) is 11.4 Å². The molecule has 0 N–H and O–H groups in total. The van der Waals surface area contributed by atoms with Crippen molar-refractivity contribution < 1.29 is 0 Å². The van der Waals surface area contributed by atoms with E-state index in [0.29, 0.717) is 0 Å². The smallest absolute Gasteiger partial charge is 0.116 e. The molecule has 0 fully saturated rings. The quantitative estimate of drug-likeness (QED) is 0.175. The number of benzene rings is 7. The van der Waals surface area contributed by atoms with Crippen molar-refractivity contribution in [2.24, 2.45) is 0 Å². The Morgan fingerprint density at radius 3 is 1.84 bits per heavy atom. The van der Waals surface area contributed by atoms with Crippen molar-refractivity contribution in [1.82, 2.24) is 9.97 Å². The van der Waals surface area contributed by atoms with E-state index >= 15 is 0 Å². The van der Waals surface area contributed by atoms with Crippen molar-refractivity contribution >= 4 is 32.3 Å². The normalized spacial score (nSPS) is 15.4. The molecular formula is C48H40N2. The maximum atomic E-state index is 4.81. The minimum atomic E-state index is -0.152. The Bertz CT molecular complexity index is 2720. The molecular weight excluding hydrogens is 605 g/mol. The molecule has 2 heteroatoms. The van der Waals surface area contributed by atoms with Crippen molar-refractivity contribution in [2.45, 2.75) is 64.7 Å². The molecule has 0 saturated heterocycles. The summed E-state index contributed by atoms with van der Waals surface area (Å²) in [5.74, 6) is 0. The molecule has 2 nitrogen and oxygen atoms in total. The molecule has 0 amide bonds. The number of aromatic nitrogens is 2. The molecule has 1 aromatic heterocycles. The Kier molecular flexibility index (Phi) is 5.72. The third-order valence-corrected chi connectivity index (χ3v) is 12.1. The summed E-state index contributed by atoms with van der Waals surface area (Å²) in [6.07, 6.45) is 1.72. The van der Waals surface area contributed by atoms with Crippen LogP contribution in [0.5, 0.6) is 0 Å². The van der Waals surface area contributed by atoms with E-state index in [-0.39, 0.29) is 16.2 Å². The van der Waals surface area contributed by atoms with Crippen molar-refractivity contribution in [3.05, 3.63) is 143 Å². The molecule has 0 unspecified atom stereocenters. The van der Waals surface area contributed by atoms with Crippen LogP contribution in [0.3, 0.4) is 0 Å². The first-order valence-corrected chi connectivity index (χ1v) is 17.9. The summed E-state index contributed by atoms with van der Waals surface area (Å²) in [6.45, 7) is 16.3. The Morgan fingerprint density at radius 1 is 0.480 bits per heavy atom. The number of rotatable bonds is 2. The van der Waals surface area contributed by atoms with Gasteiger partial charge in [-0.1, -0.05) is 133 Å². The zero-order valence-corrected chi connectivity index (χ0v) is 29.9. The standard InChI is InChI=1S/C48H40N2/c1-46(2,3)32-20-29-12-13-31-24-40-45(35-18-15-30(21-32)43(29)44(31)35)34-17-14-28(23-39(34)48(40,6)7)42-25-41(49-26-50-42)27-16-19-38-36(22-27)33-10-8-9-11-37(33)47(38,4)5/h8-26H,1-7H3. The molecule has 0 radical (unpaired) electrons. The third-order valence-electron chi connectivity index (χ3n) is 12.1. The van der Waals surface area contributed by atoms with Gasteiger partial charge in [0.1, 0.15) is 6.33 Å². The van der Waals surface area contributed by atoms with Crippen LogP contribution in [0.25, 0.3) is 77.1 Å². The van der Waals surface area contributed by atoms with Crippen molar-refractivity contribution in [1.29, 1.82) is 0 Å². The average molecular weight is 645 g/mol. The van der Waals surface area contributed by atoms with Gasteiger partial charge in [0, 0.05) is 22.0 Å². The maximum absolute atomic E-state index is 4.81. The molecule has 242 valence electrons. The molecule has 10 rings (SSSR count). The van der Waals surface area contributed by atoms with Crippen LogP contribution in [0.15, 0.2) is 116 Å². The predicted octanol–water partition coefficient (Wildman–Crippen LogP) is 12.6. The van der Waals surface area contributed by atoms with Gasteiger partial charge in [-0.25, -0.2) is 9.97 Å². The first kappa shape index (κ1) is 29.6. The van der Waals surface area contributed by atoms with Gasteiger partial charge in [-0.05, 0) is 112 Å². The lowest BCUT2D eigenvalue weighted by atomic mass is 9.79.